The topological polar surface area (TPSA) is 51.7 Å². The largest absolute Gasteiger partial charge is 0.454 e. The molecule has 1 fully saturated rings. The maximum absolute atomic E-state index is 12.7. The van der Waals surface area contributed by atoms with Crippen LogP contribution in [-0.2, 0) is 4.79 Å². The number of thiocarbonyl (C=S) groups is 1. The number of pyridine rings is 1. The fourth-order valence-corrected chi connectivity index (χ4v) is 3.63. The zero-order valence-electron chi connectivity index (χ0n) is 11.8. The van der Waals surface area contributed by atoms with Gasteiger partial charge in [0.25, 0.3) is 5.91 Å². The van der Waals surface area contributed by atoms with Crippen LogP contribution < -0.4 is 14.4 Å². The van der Waals surface area contributed by atoms with E-state index in [1.807, 2.05) is 12.1 Å². The molecule has 0 unspecified atom stereocenters. The van der Waals surface area contributed by atoms with E-state index in [0.717, 1.165) is 5.56 Å². The van der Waals surface area contributed by atoms with Crippen LogP contribution in [0, 0.1) is 0 Å². The van der Waals surface area contributed by atoms with Crippen molar-refractivity contribution in [2.75, 3.05) is 11.7 Å². The number of nitrogens with zero attached hydrogens (tertiary/aromatic N) is 2. The van der Waals surface area contributed by atoms with E-state index in [9.17, 15) is 4.79 Å². The molecule has 23 heavy (non-hydrogen) atoms. The van der Waals surface area contributed by atoms with Gasteiger partial charge in [-0.1, -0.05) is 30.0 Å². The molecule has 2 aliphatic rings. The standard InChI is InChI=1S/C16H10N2O3S2/c19-15-14(6-10-2-1-5-17-8-10)23-16(22)18(15)11-3-4-12-13(7-11)21-9-20-12/h1-8H,9H2/b14-6-. The summed E-state index contributed by atoms with van der Waals surface area (Å²) in [5.41, 5.74) is 1.53. The van der Waals surface area contributed by atoms with Crippen molar-refractivity contribution >= 4 is 46.0 Å². The second-order valence-electron chi connectivity index (χ2n) is 4.84. The number of thioether (sulfide) groups is 1. The summed E-state index contributed by atoms with van der Waals surface area (Å²) in [6, 6.07) is 9.05. The number of amides is 1. The summed E-state index contributed by atoms with van der Waals surface area (Å²) in [7, 11) is 0. The van der Waals surface area contributed by atoms with Gasteiger partial charge in [-0.2, -0.15) is 0 Å². The molecule has 5 nitrogen and oxygen atoms in total. The number of carbonyl (C=O) groups excluding carboxylic acids is 1. The monoisotopic (exact) mass is 342 g/mol. The second kappa shape index (κ2) is 5.68. The van der Waals surface area contributed by atoms with Crippen LogP contribution in [0.25, 0.3) is 6.08 Å². The first-order chi connectivity index (χ1) is 11.2. The highest BCUT2D eigenvalue weighted by atomic mass is 32.2. The lowest BCUT2D eigenvalue weighted by molar-refractivity contribution is -0.113. The molecule has 1 amide bonds. The minimum Gasteiger partial charge on any atom is -0.454 e. The first kappa shape index (κ1) is 14.2. The van der Waals surface area contributed by atoms with Crippen LogP contribution >= 0.6 is 24.0 Å². The molecular formula is C16H10N2O3S2. The van der Waals surface area contributed by atoms with Gasteiger partial charge in [-0.25, -0.2) is 0 Å². The van der Waals surface area contributed by atoms with Gasteiger partial charge in [-0.15, -0.1) is 0 Å². The van der Waals surface area contributed by atoms with Crippen molar-refractivity contribution in [3.63, 3.8) is 0 Å². The van der Waals surface area contributed by atoms with Crippen molar-refractivity contribution in [1.82, 2.24) is 4.98 Å². The maximum atomic E-state index is 12.7. The summed E-state index contributed by atoms with van der Waals surface area (Å²) in [5, 5.41) is 0. The van der Waals surface area contributed by atoms with E-state index in [2.05, 4.69) is 4.98 Å². The number of hydrogen-bond donors (Lipinski definition) is 0. The predicted octanol–water partition coefficient (Wildman–Crippen LogP) is 3.22. The van der Waals surface area contributed by atoms with Crippen LogP contribution in [0.15, 0.2) is 47.6 Å². The van der Waals surface area contributed by atoms with Crippen LogP contribution in [0.4, 0.5) is 5.69 Å². The van der Waals surface area contributed by atoms with E-state index in [4.69, 9.17) is 21.7 Å². The average Bonchev–Trinajstić information content (AvgIpc) is 3.13. The van der Waals surface area contributed by atoms with Crippen molar-refractivity contribution < 1.29 is 14.3 Å². The van der Waals surface area contributed by atoms with E-state index in [1.54, 1.807) is 36.7 Å². The molecule has 0 aliphatic carbocycles. The number of carbonyl (C=O) groups is 1. The number of benzene rings is 1. The lowest BCUT2D eigenvalue weighted by Crippen LogP contribution is -2.27. The van der Waals surface area contributed by atoms with Gasteiger partial charge in [-0.3, -0.25) is 14.7 Å². The molecule has 1 saturated heterocycles. The van der Waals surface area contributed by atoms with Gasteiger partial charge in [-0.05, 0) is 29.8 Å². The van der Waals surface area contributed by atoms with Gasteiger partial charge in [0.2, 0.25) is 6.79 Å². The van der Waals surface area contributed by atoms with E-state index in [-0.39, 0.29) is 12.7 Å². The molecule has 0 radical (unpaired) electrons. The number of rotatable bonds is 2. The Kier molecular flexibility index (Phi) is 3.51. The molecular weight excluding hydrogens is 332 g/mol. The molecule has 2 aromatic rings. The highest BCUT2D eigenvalue weighted by Gasteiger charge is 2.34. The van der Waals surface area contributed by atoms with Gasteiger partial charge in [0, 0.05) is 18.5 Å². The van der Waals surface area contributed by atoms with Crippen molar-refractivity contribution in [1.29, 1.82) is 0 Å². The van der Waals surface area contributed by atoms with Crippen LogP contribution in [0.3, 0.4) is 0 Å². The molecule has 3 heterocycles. The summed E-state index contributed by atoms with van der Waals surface area (Å²) in [6.07, 6.45) is 5.18. The van der Waals surface area contributed by atoms with E-state index < -0.39 is 0 Å². The Hall–Kier alpha value is -2.38. The highest BCUT2D eigenvalue weighted by molar-refractivity contribution is 8.27. The van der Waals surface area contributed by atoms with Crippen molar-refractivity contribution in [3.8, 4) is 11.5 Å². The average molecular weight is 342 g/mol. The smallest absolute Gasteiger partial charge is 0.270 e. The quantitative estimate of drug-likeness (QED) is 0.617. The number of anilines is 1. The van der Waals surface area contributed by atoms with Crippen molar-refractivity contribution in [3.05, 3.63) is 53.2 Å². The second-order valence-corrected chi connectivity index (χ2v) is 6.52. The van der Waals surface area contributed by atoms with Crippen molar-refractivity contribution in [2.45, 2.75) is 0 Å². The van der Waals surface area contributed by atoms with Gasteiger partial charge in [0.05, 0.1) is 10.6 Å². The highest BCUT2D eigenvalue weighted by Crippen LogP contribution is 2.40. The molecule has 0 saturated carbocycles. The van der Waals surface area contributed by atoms with Gasteiger partial charge in [0.1, 0.15) is 0 Å². The summed E-state index contributed by atoms with van der Waals surface area (Å²) in [5.74, 6) is 1.14. The third-order valence-corrected chi connectivity index (χ3v) is 4.69. The lowest BCUT2D eigenvalue weighted by atomic mass is 10.2. The van der Waals surface area contributed by atoms with E-state index >= 15 is 0 Å². The Bertz CT molecular complexity index is 836. The number of hydrogen-bond acceptors (Lipinski definition) is 6. The molecule has 2 aliphatic heterocycles. The normalized spacial score (nSPS) is 18.1. The SMILES string of the molecule is O=C1/C(=C/c2cccnc2)SC(=S)N1c1ccc2c(c1)OCO2. The Balaban J connectivity index is 1.67. The lowest BCUT2D eigenvalue weighted by Gasteiger charge is -2.14. The van der Waals surface area contributed by atoms with Crippen LogP contribution in [0.1, 0.15) is 5.56 Å². The van der Waals surface area contributed by atoms with Crippen LogP contribution in [0.5, 0.6) is 11.5 Å². The first-order valence-corrected chi connectivity index (χ1v) is 8.02. The molecule has 114 valence electrons. The minimum atomic E-state index is -0.150. The molecule has 1 aromatic carbocycles. The molecule has 0 bridgehead atoms. The number of fused-ring (bicyclic) bond motifs is 1. The Morgan fingerprint density at radius 2 is 2.13 bits per heavy atom. The molecule has 0 spiro atoms. The zero-order valence-corrected chi connectivity index (χ0v) is 13.4. The predicted molar refractivity (Wildman–Crippen MR) is 92.5 cm³/mol. The van der Waals surface area contributed by atoms with Crippen LogP contribution in [0.2, 0.25) is 0 Å². The third kappa shape index (κ3) is 2.58. The summed E-state index contributed by atoms with van der Waals surface area (Å²) >= 11 is 6.63. The molecule has 1 aromatic heterocycles. The van der Waals surface area contributed by atoms with Crippen LogP contribution in [-0.4, -0.2) is 22.0 Å². The van der Waals surface area contributed by atoms with E-state index in [0.29, 0.717) is 26.4 Å². The van der Waals surface area contributed by atoms with Gasteiger partial charge in [0.15, 0.2) is 15.8 Å². The maximum Gasteiger partial charge on any atom is 0.270 e. The van der Waals surface area contributed by atoms with E-state index in [1.165, 1.54) is 16.7 Å². The summed E-state index contributed by atoms with van der Waals surface area (Å²) in [4.78, 5) is 18.8. The number of ether oxygens (including phenoxy) is 2. The molecule has 7 heteroatoms. The summed E-state index contributed by atoms with van der Waals surface area (Å²) in [6.45, 7) is 0.193. The Morgan fingerprint density at radius 1 is 1.26 bits per heavy atom. The molecule has 0 atom stereocenters. The minimum absolute atomic E-state index is 0.150. The first-order valence-electron chi connectivity index (χ1n) is 6.80. The molecule has 4 rings (SSSR count). The zero-order chi connectivity index (χ0) is 15.8. The third-order valence-electron chi connectivity index (χ3n) is 3.39. The van der Waals surface area contributed by atoms with Crippen molar-refractivity contribution in [2.24, 2.45) is 0 Å². The Morgan fingerprint density at radius 3 is 2.96 bits per heavy atom. The fourth-order valence-electron chi connectivity index (χ4n) is 2.33. The number of aromatic nitrogens is 1. The van der Waals surface area contributed by atoms with Gasteiger partial charge < -0.3 is 9.47 Å². The Labute approximate surface area is 141 Å². The molecule has 0 N–H and O–H groups in total. The fraction of sp³-hybridized carbons (Fsp3) is 0.0625. The summed E-state index contributed by atoms with van der Waals surface area (Å²) < 4.78 is 11.1. The van der Waals surface area contributed by atoms with Gasteiger partial charge >= 0.3 is 0 Å².